The van der Waals surface area contributed by atoms with Crippen LogP contribution in [0.15, 0.2) is 18.3 Å². The van der Waals surface area contributed by atoms with E-state index in [1.165, 1.54) is 0 Å². The molecule has 0 unspecified atom stereocenters. The quantitative estimate of drug-likeness (QED) is 0.682. The lowest BCUT2D eigenvalue weighted by Gasteiger charge is -2.15. The highest BCUT2D eigenvalue weighted by atomic mass is 32.1. The number of primary amides is 1. The first-order chi connectivity index (χ1) is 7.00. The molecule has 0 aromatic carbocycles. The molecular formula is C9H12N4OS. The molecule has 0 saturated carbocycles. The van der Waals surface area contributed by atoms with E-state index in [2.05, 4.69) is 4.98 Å². The summed E-state index contributed by atoms with van der Waals surface area (Å²) in [6, 6.07) is 3.49. The minimum absolute atomic E-state index is 0.124. The van der Waals surface area contributed by atoms with E-state index < -0.39 is 5.91 Å². The summed E-state index contributed by atoms with van der Waals surface area (Å²) in [5.41, 5.74) is 11.2. The van der Waals surface area contributed by atoms with Gasteiger partial charge in [0.15, 0.2) is 0 Å². The SMILES string of the molecule is CN(CC(N)=O)c1ccc(C(N)=S)cn1. The largest absolute Gasteiger partial charge is 0.389 e. The van der Waals surface area contributed by atoms with E-state index >= 15 is 0 Å². The number of thiocarbonyl (C=S) groups is 1. The summed E-state index contributed by atoms with van der Waals surface area (Å²) in [6.07, 6.45) is 1.56. The number of anilines is 1. The van der Waals surface area contributed by atoms with Crippen LogP contribution in [0.1, 0.15) is 5.56 Å². The third-order valence-electron chi connectivity index (χ3n) is 1.82. The van der Waals surface area contributed by atoms with Crippen LogP contribution >= 0.6 is 12.2 Å². The highest BCUT2D eigenvalue weighted by Gasteiger charge is 2.05. The first-order valence-electron chi connectivity index (χ1n) is 4.26. The number of carbonyl (C=O) groups is 1. The molecule has 0 spiro atoms. The van der Waals surface area contributed by atoms with Crippen LogP contribution in [0.2, 0.25) is 0 Å². The molecule has 1 aromatic heterocycles. The van der Waals surface area contributed by atoms with E-state index in [-0.39, 0.29) is 6.54 Å². The van der Waals surface area contributed by atoms with E-state index in [1.54, 1.807) is 30.3 Å². The molecule has 1 heterocycles. The van der Waals surface area contributed by atoms with Gasteiger partial charge in [0.2, 0.25) is 5.91 Å². The summed E-state index contributed by atoms with van der Waals surface area (Å²) < 4.78 is 0. The van der Waals surface area contributed by atoms with Gasteiger partial charge in [0, 0.05) is 18.8 Å². The summed E-state index contributed by atoms with van der Waals surface area (Å²) >= 11 is 4.79. The van der Waals surface area contributed by atoms with Crippen LogP contribution in [0.5, 0.6) is 0 Å². The van der Waals surface area contributed by atoms with Gasteiger partial charge < -0.3 is 16.4 Å². The molecule has 1 amide bonds. The minimum Gasteiger partial charge on any atom is -0.389 e. The normalized spacial score (nSPS) is 9.67. The Labute approximate surface area is 93.1 Å². The summed E-state index contributed by atoms with van der Waals surface area (Å²) in [5, 5.41) is 0. The van der Waals surface area contributed by atoms with Crippen molar-refractivity contribution in [1.82, 2.24) is 4.98 Å². The molecule has 5 nitrogen and oxygen atoms in total. The number of carbonyl (C=O) groups excluding carboxylic acids is 1. The number of aromatic nitrogens is 1. The molecule has 0 bridgehead atoms. The van der Waals surface area contributed by atoms with Crippen LogP contribution in [0.4, 0.5) is 5.82 Å². The van der Waals surface area contributed by atoms with Gasteiger partial charge in [-0.25, -0.2) is 4.98 Å². The third kappa shape index (κ3) is 3.17. The van der Waals surface area contributed by atoms with Gasteiger partial charge in [-0.2, -0.15) is 0 Å². The Balaban J connectivity index is 2.79. The molecule has 0 aliphatic heterocycles. The molecule has 80 valence electrons. The molecule has 6 heteroatoms. The van der Waals surface area contributed by atoms with Crippen molar-refractivity contribution in [3.63, 3.8) is 0 Å². The lowest BCUT2D eigenvalue weighted by molar-refractivity contribution is -0.116. The molecule has 1 rings (SSSR count). The van der Waals surface area contributed by atoms with Gasteiger partial charge in [-0.1, -0.05) is 12.2 Å². The van der Waals surface area contributed by atoms with E-state index in [9.17, 15) is 4.79 Å². The predicted octanol–water partition coefficient (Wildman–Crippen LogP) is -0.363. The lowest BCUT2D eigenvalue weighted by atomic mass is 10.3. The molecule has 0 aliphatic carbocycles. The van der Waals surface area contributed by atoms with Crippen LogP contribution < -0.4 is 16.4 Å². The molecule has 1 aromatic rings. The van der Waals surface area contributed by atoms with Crippen LogP contribution in [-0.4, -0.2) is 29.5 Å². The molecule has 15 heavy (non-hydrogen) atoms. The average Bonchev–Trinajstić information content (AvgIpc) is 2.17. The van der Waals surface area contributed by atoms with E-state index in [0.29, 0.717) is 16.4 Å². The standard InChI is InChI=1S/C9H12N4OS/c1-13(5-7(10)14)8-3-2-6(4-12-8)9(11)15/h2-4H,5H2,1H3,(H2,10,14)(H2,11,15). The third-order valence-corrected chi connectivity index (χ3v) is 2.05. The Bertz CT molecular complexity index is 376. The molecule has 0 saturated heterocycles. The fraction of sp³-hybridized carbons (Fsp3) is 0.222. The van der Waals surface area contributed by atoms with Crippen molar-refractivity contribution in [2.75, 3.05) is 18.5 Å². The van der Waals surface area contributed by atoms with Crippen LogP contribution in [-0.2, 0) is 4.79 Å². The van der Waals surface area contributed by atoms with E-state index in [0.717, 1.165) is 0 Å². The maximum absolute atomic E-state index is 10.7. The van der Waals surface area contributed by atoms with Crippen molar-refractivity contribution in [1.29, 1.82) is 0 Å². The second-order valence-corrected chi connectivity index (χ2v) is 3.53. The Morgan fingerprint density at radius 1 is 1.53 bits per heavy atom. The summed E-state index contributed by atoms with van der Waals surface area (Å²) in [6.45, 7) is 0.124. The van der Waals surface area contributed by atoms with Crippen molar-refractivity contribution in [2.24, 2.45) is 11.5 Å². The number of likely N-dealkylation sites (N-methyl/N-ethyl adjacent to an activating group) is 1. The van der Waals surface area contributed by atoms with E-state index in [1.807, 2.05) is 0 Å². The van der Waals surface area contributed by atoms with Crippen molar-refractivity contribution in [2.45, 2.75) is 0 Å². The number of rotatable bonds is 4. The van der Waals surface area contributed by atoms with Gasteiger partial charge in [0.05, 0.1) is 6.54 Å². The zero-order valence-corrected chi connectivity index (χ0v) is 9.12. The second-order valence-electron chi connectivity index (χ2n) is 3.09. The average molecular weight is 224 g/mol. The van der Waals surface area contributed by atoms with Gasteiger partial charge in [0.1, 0.15) is 10.8 Å². The highest BCUT2D eigenvalue weighted by Crippen LogP contribution is 2.08. The van der Waals surface area contributed by atoms with Gasteiger partial charge in [-0.3, -0.25) is 4.79 Å². The Morgan fingerprint density at radius 2 is 2.20 bits per heavy atom. The van der Waals surface area contributed by atoms with E-state index in [4.69, 9.17) is 23.7 Å². The highest BCUT2D eigenvalue weighted by molar-refractivity contribution is 7.80. The number of pyridine rings is 1. The number of hydrogen-bond donors (Lipinski definition) is 2. The van der Waals surface area contributed by atoms with Gasteiger partial charge in [-0.15, -0.1) is 0 Å². The van der Waals surface area contributed by atoms with Crippen LogP contribution in [0.25, 0.3) is 0 Å². The number of nitrogens with two attached hydrogens (primary N) is 2. The number of hydrogen-bond acceptors (Lipinski definition) is 4. The predicted molar refractivity (Wildman–Crippen MR) is 62.6 cm³/mol. The van der Waals surface area contributed by atoms with Crippen molar-refractivity contribution in [3.8, 4) is 0 Å². The number of amides is 1. The van der Waals surface area contributed by atoms with Gasteiger partial charge in [0.25, 0.3) is 0 Å². The first-order valence-corrected chi connectivity index (χ1v) is 4.67. The Kier molecular flexibility index (Phi) is 3.56. The zero-order chi connectivity index (χ0) is 11.4. The molecule has 0 fully saturated rings. The smallest absolute Gasteiger partial charge is 0.236 e. The molecule has 4 N–H and O–H groups in total. The van der Waals surface area contributed by atoms with Crippen molar-refractivity contribution >= 4 is 28.9 Å². The maximum atomic E-state index is 10.7. The summed E-state index contributed by atoms with van der Waals surface area (Å²) in [7, 11) is 1.73. The zero-order valence-electron chi connectivity index (χ0n) is 8.30. The Hall–Kier alpha value is -1.69. The molecule has 0 radical (unpaired) electrons. The van der Waals surface area contributed by atoms with Gasteiger partial charge in [-0.05, 0) is 12.1 Å². The van der Waals surface area contributed by atoms with Gasteiger partial charge >= 0.3 is 0 Å². The fourth-order valence-electron chi connectivity index (χ4n) is 1.07. The topological polar surface area (TPSA) is 85.2 Å². The van der Waals surface area contributed by atoms with Crippen LogP contribution in [0, 0.1) is 0 Å². The maximum Gasteiger partial charge on any atom is 0.236 e. The lowest BCUT2D eigenvalue weighted by Crippen LogP contribution is -2.31. The van der Waals surface area contributed by atoms with Crippen molar-refractivity contribution in [3.05, 3.63) is 23.9 Å². The van der Waals surface area contributed by atoms with Crippen LogP contribution in [0.3, 0.4) is 0 Å². The second kappa shape index (κ2) is 4.70. The fourth-order valence-corrected chi connectivity index (χ4v) is 1.19. The molecule has 0 aliphatic rings. The number of nitrogens with zero attached hydrogens (tertiary/aromatic N) is 2. The molecular weight excluding hydrogens is 212 g/mol. The summed E-state index contributed by atoms with van der Waals surface area (Å²) in [5.74, 6) is 0.242. The monoisotopic (exact) mass is 224 g/mol. The Morgan fingerprint density at radius 3 is 2.60 bits per heavy atom. The first kappa shape index (κ1) is 11.4. The summed E-state index contributed by atoms with van der Waals surface area (Å²) in [4.78, 5) is 16.7. The van der Waals surface area contributed by atoms with Crippen molar-refractivity contribution < 1.29 is 4.79 Å². The minimum atomic E-state index is -0.405. The molecule has 0 atom stereocenters.